The van der Waals surface area contributed by atoms with E-state index in [0.29, 0.717) is 0 Å². The first-order valence-corrected chi connectivity index (χ1v) is 10.7. The highest BCUT2D eigenvalue weighted by Crippen LogP contribution is 2.28. The number of hydrogen-bond donors (Lipinski definition) is 0. The molecule has 2 aromatic carbocycles. The quantitative estimate of drug-likeness (QED) is 0.316. The van der Waals surface area contributed by atoms with Crippen molar-refractivity contribution in [2.45, 2.75) is 13.8 Å². The Balaban J connectivity index is 1.43. The molecule has 28 heavy (non-hydrogen) atoms. The van der Waals surface area contributed by atoms with E-state index in [9.17, 15) is 0 Å². The summed E-state index contributed by atoms with van der Waals surface area (Å²) in [5.41, 5.74) is 4.43. The molecule has 0 atom stereocenters. The summed E-state index contributed by atoms with van der Waals surface area (Å²) in [6.07, 6.45) is 0. The maximum Gasteiger partial charge on any atom is 0.0345 e. The van der Waals surface area contributed by atoms with Crippen LogP contribution in [0, 0.1) is 37.5 Å². The molecule has 0 nitrogen and oxygen atoms in total. The number of benzene rings is 2. The topological polar surface area (TPSA) is 0 Å². The lowest BCUT2D eigenvalue weighted by Gasteiger charge is -1.97. The zero-order valence-electron chi connectivity index (χ0n) is 15.7. The van der Waals surface area contributed by atoms with Crippen LogP contribution in [0.3, 0.4) is 0 Å². The zero-order chi connectivity index (χ0) is 19.3. The van der Waals surface area contributed by atoms with Gasteiger partial charge in [0.25, 0.3) is 0 Å². The molecule has 0 N–H and O–H groups in total. The predicted molar refractivity (Wildman–Crippen MR) is 123 cm³/mol. The van der Waals surface area contributed by atoms with Crippen molar-refractivity contribution >= 4 is 22.7 Å². The van der Waals surface area contributed by atoms with Crippen LogP contribution >= 0.6 is 22.7 Å². The van der Waals surface area contributed by atoms with E-state index >= 15 is 0 Å². The largest absolute Gasteiger partial charge is 0.141 e. The van der Waals surface area contributed by atoms with Crippen LogP contribution < -0.4 is 0 Å². The fraction of sp³-hybridized carbons (Fsp3) is 0.0769. The van der Waals surface area contributed by atoms with E-state index in [0.717, 1.165) is 11.1 Å². The van der Waals surface area contributed by atoms with Gasteiger partial charge in [0.1, 0.15) is 0 Å². The van der Waals surface area contributed by atoms with Crippen molar-refractivity contribution in [2.24, 2.45) is 0 Å². The third-order valence-electron chi connectivity index (χ3n) is 4.30. The molecule has 0 bridgehead atoms. The van der Waals surface area contributed by atoms with Gasteiger partial charge in [0.05, 0.1) is 0 Å². The maximum absolute atomic E-state index is 3.12. The molecular weight excluding hydrogens is 376 g/mol. The second-order valence-electron chi connectivity index (χ2n) is 6.48. The van der Waals surface area contributed by atoms with Gasteiger partial charge in [-0.3, -0.25) is 0 Å². The highest BCUT2D eigenvalue weighted by atomic mass is 32.1. The van der Waals surface area contributed by atoms with Gasteiger partial charge in [-0.15, -0.1) is 22.7 Å². The van der Waals surface area contributed by atoms with Crippen molar-refractivity contribution in [3.63, 3.8) is 0 Å². The van der Waals surface area contributed by atoms with Crippen LogP contribution in [0.25, 0.3) is 20.9 Å². The third kappa shape index (κ3) is 4.44. The van der Waals surface area contributed by atoms with Crippen LogP contribution in [-0.2, 0) is 0 Å². The number of thiophene rings is 2. The number of aryl methyl sites for hydroxylation is 2. The second-order valence-corrected chi connectivity index (χ2v) is 9.05. The minimum Gasteiger partial charge on any atom is -0.141 e. The Labute approximate surface area is 174 Å². The Bertz CT molecular complexity index is 1110. The van der Waals surface area contributed by atoms with Gasteiger partial charge in [0.2, 0.25) is 0 Å². The first kappa shape index (κ1) is 18.3. The van der Waals surface area contributed by atoms with E-state index in [1.807, 2.05) is 22.7 Å². The van der Waals surface area contributed by atoms with E-state index in [1.54, 1.807) is 0 Å². The van der Waals surface area contributed by atoms with Gasteiger partial charge in [-0.1, -0.05) is 36.1 Å². The molecule has 0 radical (unpaired) electrons. The summed E-state index contributed by atoms with van der Waals surface area (Å²) in [6.45, 7) is 4.26. The third-order valence-corrected chi connectivity index (χ3v) is 6.40. The van der Waals surface area contributed by atoms with Crippen LogP contribution in [0.2, 0.25) is 0 Å². The Hall–Kier alpha value is -3.04. The molecule has 4 rings (SSSR count). The molecule has 0 fully saturated rings. The van der Waals surface area contributed by atoms with Crippen molar-refractivity contribution in [3.05, 3.63) is 93.7 Å². The van der Waals surface area contributed by atoms with Gasteiger partial charge >= 0.3 is 0 Å². The van der Waals surface area contributed by atoms with Crippen LogP contribution in [-0.4, -0.2) is 0 Å². The summed E-state index contributed by atoms with van der Waals surface area (Å²) in [4.78, 5) is 5.23. The number of rotatable bonds is 2. The van der Waals surface area contributed by atoms with E-state index in [4.69, 9.17) is 0 Å². The van der Waals surface area contributed by atoms with E-state index in [-0.39, 0.29) is 0 Å². The lowest BCUT2D eigenvalue weighted by Crippen LogP contribution is -1.76. The Morgan fingerprint density at radius 3 is 1.21 bits per heavy atom. The van der Waals surface area contributed by atoms with Crippen LogP contribution in [0.5, 0.6) is 0 Å². The molecule has 2 aromatic heterocycles. The summed E-state index contributed by atoms with van der Waals surface area (Å²) in [7, 11) is 0. The molecule has 0 unspecified atom stereocenters. The summed E-state index contributed by atoms with van der Waals surface area (Å²) in [5, 5.41) is 0. The van der Waals surface area contributed by atoms with Gasteiger partial charge in [-0.05, 0) is 85.3 Å². The Kier molecular flexibility index (Phi) is 5.45. The van der Waals surface area contributed by atoms with Gasteiger partial charge < -0.3 is 0 Å². The average Bonchev–Trinajstić information content (AvgIpc) is 3.35. The minimum atomic E-state index is 0.981. The molecule has 134 valence electrons. The van der Waals surface area contributed by atoms with E-state index < -0.39 is 0 Å². The maximum atomic E-state index is 3.12. The van der Waals surface area contributed by atoms with E-state index in [2.05, 4.69) is 110 Å². The molecule has 0 spiro atoms. The zero-order valence-corrected chi connectivity index (χ0v) is 17.4. The Morgan fingerprint density at radius 1 is 0.500 bits per heavy atom. The summed E-state index contributed by atoms with van der Waals surface area (Å²) < 4.78 is 0. The summed E-state index contributed by atoms with van der Waals surface area (Å²) in [5.74, 6) is 12.2. The fourth-order valence-corrected chi connectivity index (χ4v) is 4.57. The molecule has 0 amide bonds. The summed E-state index contributed by atoms with van der Waals surface area (Å²) >= 11 is 3.62. The first-order chi connectivity index (χ1) is 13.7. The van der Waals surface area contributed by atoms with Crippen molar-refractivity contribution < 1.29 is 0 Å². The first-order valence-electron chi connectivity index (χ1n) is 9.03. The van der Waals surface area contributed by atoms with Crippen molar-refractivity contribution in [1.82, 2.24) is 0 Å². The molecule has 2 heterocycles. The second kappa shape index (κ2) is 8.32. The smallest absolute Gasteiger partial charge is 0.0345 e. The minimum absolute atomic E-state index is 0.981. The van der Waals surface area contributed by atoms with Gasteiger partial charge in [0.15, 0.2) is 0 Å². The highest BCUT2D eigenvalue weighted by Gasteiger charge is 2.00. The SMILES string of the molecule is Cc1ccc(-c2ccc(C#CC#Cc3ccc(-c4ccc(C)s4)cc3)cc2)s1. The van der Waals surface area contributed by atoms with Gasteiger partial charge in [-0.2, -0.15) is 0 Å². The van der Waals surface area contributed by atoms with Crippen molar-refractivity contribution in [3.8, 4) is 44.6 Å². The van der Waals surface area contributed by atoms with Crippen LogP contribution in [0.15, 0.2) is 72.8 Å². The van der Waals surface area contributed by atoms with Crippen molar-refractivity contribution in [1.29, 1.82) is 0 Å². The lowest BCUT2D eigenvalue weighted by atomic mass is 10.1. The van der Waals surface area contributed by atoms with Gasteiger partial charge in [-0.25, -0.2) is 0 Å². The van der Waals surface area contributed by atoms with Crippen LogP contribution in [0.4, 0.5) is 0 Å². The molecule has 2 heteroatoms. The normalized spacial score (nSPS) is 9.93. The average molecular weight is 395 g/mol. The molecule has 0 aliphatic rings. The molecule has 0 saturated carbocycles. The standard InChI is InChI=1S/C26H18S2/c1-19-7-17-25(27-19)23-13-9-21(10-14-23)5-3-4-6-22-11-15-24(16-12-22)26-18-8-20(2)28-26/h7-18H,1-2H3. The fourth-order valence-electron chi connectivity index (χ4n) is 2.82. The molecular formula is C26H18S2. The lowest BCUT2D eigenvalue weighted by molar-refractivity contribution is 1.63. The van der Waals surface area contributed by atoms with Gasteiger partial charge in [0, 0.05) is 30.6 Å². The molecule has 0 aliphatic carbocycles. The predicted octanol–water partition coefficient (Wildman–Crippen LogP) is 7.16. The molecule has 4 aromatic rings. The Morgan fingerprint density at radius 2 is 0.893 bits per heavy atom. The summed E-state index contributed by atoms with van der Waals surface area (Å²) in [6, 6.07) is 25.3. The monoisotopic (exact) mass is 394 g/mol. The highest BCUT2D eigenvalue weighted by molar-refractivity contribution is 7.15. The number of hydrogen-bond acceptors (Lipinski definition) is 2. The van der Waals surface area contributed by atoms with Crippen molar-refractivity contribution in [2.75, 3.05) is 0 Å². The van der Waals surface area contributed by atoms with Crippen LogP contribution in [0.1, 0.15) is 20.9 Å². The molecule has 0 saturated heterocycles. The molecule has 0 aliphatic heterocycles. The van der Waals surface area contributed by atoms with E-state index in [1.165, 1.54) is 30.6 Å².